The summed E-state index contributed by atoms with van der Waals surface area (Å²) in [6.45, 7) is 0. The van der Waals surface area contributed by atoms with Gasteiger partial charge in [0.25, 0.3) is 0 Å². The van der Waals surface area contributed by atoms with Gasteiger partial charge in [0.15, 0.2) is 0 Å². The Morgan fingerprint density at radius 3 is 2.50 bits per heavy atom. The fraction of sp³-hybridized carbons (Fsp3) is 0.560. The third-order valence-electron chi connectivity index (χ3n) is 8.17. The maximum Gasteiger partial charge on any atom is 0.310 e. The maximum absolute atomic E-state index is 11.6. The summed E-state index contributed by atoms with van der Waals surface area (Å²) in [7, 11) is 0. The Balaban J connectivity index is 1.15. The van der Waals surface area contributed by atoms with Gasteiger partial charge in [-0.15, -0.1) is 0 Å². The normalized spacial score (nSPS) is 39.4. The summed E-state index contributed by atoms with van der Waals surface area (Å²) in [4.78, 5) is 11.6. The van der Waals surface area contributed by atoms with Gasteiger partial charge in [-0.1, -0.05) is 49.3 Å². The molecule has 0 radical (unpaired) electrons. The SMILES string of the molecule is O=C(O)C1C=CC2CC3C(CCCCCc4ccc(O)cc4)C4C=CC1C2C43. The van der Waals surface area contributed by atoms with Crippen LogP contribution in [-0.2, 0) is 11.2 Å². The first-order valence-electron chi connectivity index (χ1n) is 11.0. The van der Waals surface area contributed by atoms with E-state index < -0.39 is 5.97 Å². The van der Waals surface area contributed by atoms with Gasteiger partial charge >= 0.3 is 5.97 Å². The lowest BCUT2D eigenvalue weighted by molar-refractivity contribution is -0.143. The predicted molar refractivity (Wildman–Crippen MR) is 109 cm³/mol. The van der Waals surface area contributed by atoms with Crippen LogP contribution in [0.4, 0.5) is 0 Å². The van der Waals surface area contributed by atoms with Crippen LogP contribution in [-0.4, -0.2) is 16.2 Å². The second kappa shape index (κ2) is 7.09. The zero-order valence-electron chi connectivity index (χ0n) is 16.3. The summed E-state index contributed by atoms with van der Waals surface area (Å²) in [5.74, 6) is 3.88. The zero-order valence-corrected chi connectivity index (χ0v) is 16.3. The van der Waals surface area contributed by atoms with E-state index in [4.69, 9.17) is 0 Å². The van der Waals surface area contributed by atoms with E-state index in [-0.39, 0.29) is 11.8 Å². The number of carboxylic acids is 1. The minimum Gasteiger partial charge on any atom is -0.508 e. The molecule has 0 amide bonds. The van der Waals surface area contributed by atoms with E-state index in [1.54, 1.807) is 12.1 Å². The molecule has 0 spiro atoms. The van der Waals surface area contributed by atoms with Gasteiger partial charge in [0, 0.05) is 0 Å². The number of hydrogen-bond acceptors (Lipinski definition) is 2. The van der Waals surface area contributed by atoms with E-state index in [0.29, 0.717) is 23.5 Å². The lowest BCUT2D eigenvalue weighted by atomic mass is 9.50. The molecule has 2 saturated carbocycles. The molecule has 0 heterocycles. The third-order valence-corrected chi connectivity index (χ3v) is 8.17. The highest BCUT2D eigenvalue weighted by molar-refractivity contribution is 5.73. The molecule has 0 aliphatic heterocycles. The molecular weight excluding hydrogens is 348 g/mol. The van der Waals surface area contributed by atoms with Gasteiger partial charge in [0.2, 0.25) is 0 Å². The highest BCUT2D eigenvalue weighted by atomic mass is 16.4. The molecule has 0 aromatic heterocycles. The summed E-state index contributed by atoms with van der Waals surface area (Å²) in [6, 6.07) is 7.59. The Kier molecular flexibility index (Phi) is 4.57. The lowest BCUT2D eigenvalue weighted by Gasteiger charge is -2.54. The molecule has 2 N–H and O–H groups in total. The maximum atomic E-state index is 11.6. The van der Waals surface area contributed by atoms with Crippen molar-refractivity contribution in [2.75, 3.05) is 0 Å². The van der Waals surface area contributed by atoms with Crippen LogP contribution in [0.1, 0.15) is 37.7 Å². The van der Waals surface area contributed by atoms with Crippen LogP contribution in [0.5, 0.6) is 5.75 Å². The van der Waals surface area contributed by atoms with Crippen LogP contribution in [0.3, 0.4) is 0 Å². The number of unbranched alkanes of at least 4 members (excludes halogenated alkanes) is 2. The highest BCUT2D eigenvalue weighted by Crippen LogP contribution is 2.67. The Bertz CT molecular complexity index is 793. The number of phenolic OH excluding ortho intramolecular Hbond substituents is 1. The summed E-state index contributed by atoms with van der Waals surface area (Å²) >= 11 is 0. The first-order chi connectivity index (χ1) is 13.6. The van der Waals surface area contributed by atoms with Crippen molar-refractivity contribution < 1.29 is 15.0 Å². The smallest absolute Gasteiger partial charge is 0.310 e. The van der Waals surface area contributed by atoms with E-state index >= 15 is 0 Å². The average Bonchev–Trinajstić information content (AvgIpc) is 3.03. The van der Waals surface area contributed by atoms with E-state index in [2.05, 4.69) is 18.2 Å². The van der Waals surface area contributed by atoms with Crippen molar-refractivity contribution in [3.05, 3.63) is 54.1 Å². The van der Waals surface area contributed by atoms with Gasteiger partial charge < -0.3 is 10.2 Å². The van der Waals surface area contributed by atoms with E-state index in [1.807, 2.05) is 18.2 Å². The van der Waals surface area contributed by atoms with Crippen LogP contribution < -0.4 is 0 Å². The van der Waals surface area contributed by atoms with E-state index in [9.17, 15) is 15.0 Å². The minimum atomic E-state index is -0.657. The van der Waals surface area contributed by atoms with E-state index in [0.717, 1.165) is 24.2 Å². The van der Waals surface area contributed by atoms with Gasteiger partial charge in [-0.05, 0) is 84.8 Å². The molecule has 4 aliphatic rings. The monoisotopic (exact) mass is 378 g/mol. The Hall–Kier alpha value is -2.03. The van der Waals surface area contributed by atoms with Gasteiger partial charge in [-0.25, -0.2) is 0 Å². The quantitative estimate of drug-likeness (QED) is 0.515. The molecule has 0 bridgehead atoms. The number of hydrogen-bond donors (Lipinski definition) is 2. The largest absolute Gasteiger partial charge is 0.508 e. The number of aliphatic carboxylic acids is 1. The van der Waals surface area contributed by atoms with E-state index in [1.165, 1.54) is 37.7 Å². The molecule has 1 aromatic carbocycles. The second-order valence-electron chi connectivity index (χ2n) is 9.44. The Morgan fingerprint density at radius 2 is 1.71 bits per heavy atom. The molecule has 8 atom stereocenters. The van der Waals surface area contributed by atoms with Crippen LogP contribution in [0, 0.1) is 47.3 Å². The van der Waals surface area contributed by atoms with Crippen molar-refractivity contribution >= 4 is 5.97 Å². The first-order valence-corrected chi connectivity index (χ1v) is 11.0. The number of rotatable bonds is 7. The second-order valence-corrected chi connectivity index (χ2v) is 9.44. The van der Waals surface area contributed by atoms with Crippen molar-refractivity contribution in [2.45, 2.75) is 38.5 Å². The van der Waals surface area contributed by atoms with Crippen LogP contribution in [0.2, 0.25) is 0 Å². The molecule has 2 fully saturated rings. The topological polar surface area (TPSA) is 57.5 Å². The van der Waals surface area contributed by atoms with Crippen LogP contribution in [0.25, 0.3) is 0 Å². The molecular formula is C25H30O3. The van der Waals surface area contributed by atoms with Crippen molar-refractivity contribution in [3.8, 4) is 5.75 Å². The summed E-state index contributed by atoms with van der Waals surface area (Å²) in [5.41, 5.74) is 1.31. The van der Waals surface area contributed by atoms with Crippen molar-refractivity contribution in [1.29, 1.82) is 0 Å². The molecule has 4 aliphatic carbocycles. The standard InChI is InChI=1S/C25H30O3/c26-17-9-6-15(7-10-17)4-2-1-3-5-18-19-12-13-20-21(25(27)28)11-8-16-14-22(18)24(19)23(16)20/h6-13,16,18-24,26H,1-5,14H2,(H,27,28). The number of benzene rings is 1. The third kappa shape index (κ3) is 2.91. The van der Waals surface area contributed by atoms with Crippen molar-refractivity contribution in [3.63, 3.8) is 0 Å². The fourth-order valence-corrected chi connectivity index (χ4v) is 6.98. The lowest BCUT2D eigenvalue weighted by Crippen LogP contribution is -2.50. The molecule has 3 heteroatoms. The fourth-order valence-electron chi connectivity index (χ4n) is 6.98. The van der Waals surface area contributed by atoms with Gasteiger partial charge in [-0.2, -0.15) is 0 Å². The average molecular weight is 379 g/mol. The van der Waals surface area contributed by atoms with Gasteiger partial charge in [-0.3, -0.25) is 4.79 Å². The van der Waals surface area contributed by atoms with Crippen LogP contribution >= 0.6 is 0 Å². The molecule has 28 heavy (non-hydrogen) atoms. The number of aromatic hydroxyl groups is 1. The molecule has 8 unspecified atom stereocenters. The minimum absolute atomic E-state index is 0.227. The first kappa shape index (κ1) is 18.0. The molecule has 148 valence electrons. The molecule has 5 rings (SSSR count). The van der Waals surface area contributed by atoms with Gasteiger partial charge in [0.05, 0.1) is 5.92 Å². The summed E-state index contributed by atoms with van der Waals surface area (Å²) in [5, 5.41) is 18.9. The predicted octanol–water partition coefficient (Wildman–Crippen LogP) is 5.07. The number of phenols is 1. The molecule has 1 aromatic rings. The number of allylic oxidation sites excluding steroid dienone is 3. The Morgan fingerprint density at radius 1 is 0.929 bits per heavy atom. The summed E-state index contributed by atoms with van der Waals surface area (Å²) in [6.07, 6.45) is 16.3. The molecule has 3 nitrogen and oxygen atoms in total. The summed E-state index contributed by atoms with van der Waals surface area (Å²) < 4.78 is 0. The number of carboxylic acid groups (broad SMARTS) is 1. The van der Waals surface area contributed by atoms with Crippen molar-refractivity contribution in [2.24, 2.45) is 47.3 Å². The Labute approximate surface area is 167 Å². The molecule has 0 saturated heterocycles. The number of aryl methyl sites for hydroxylation is 1. The zero-order chi connectivity index (χ0) is 19.3. The van der Waals surface area contributed by atoms with Crippen molar-refractivity contribution in [1.82, 2.24) is 0 Å². The highest BCUT2D eigenvalue weighted by Gasteiger charge is 2.62. The van der Waals surface area contributed by atoms with Gasteiger partial charge in [0.1, 0.15) is 5.75 Å². The number of carbonyl (C=O) groups is 1. The van der Waals surface area contributed by atoms with Crippen LogP contribution in [0.15, 0.2) is 48.6 Å².